The zero-order valence-corrected chi connectivity index (χ0v) is 14.8. The SMILES string of the molecule is Cc1ccc(N2CC[C@]3(CN(C(=O)C4(F)CCC4)CCC3(F)F)C2)nn1. The molecule has 0 aromatic carbocycles. The van der Waals surface area contributed by atoms with E-state index in [0.29, 0.717) is 18.8 Å². The number of aromatic nitrogens is 2. The summed E-state index contributed by atoms with van der Waals surface area (Å²) < 4.78 is 44.2. The first-order valence-electron chi connectivity index (χ1n) is 9.16. The fourth-order valence-corrected chi connectivity index (χ4v) is 4.31. The van der Waals surface area contributed by atoms with E-state index in [1.54, 1.807) is 17.0 Å². The molecule has 3 fully saturated rings. The Kier molecular flexibility index (Phi) is 3.93. The highest BCUT2D eigenvalue weighted by Crippen LogP contribution is 2.51. The average Bonchev–Trinajstić information content (AvgIpc) is 3.01. The van der Waals surface area contributed by atoms with E-state index in [9.17, 15) is 18.0 Å². The van der Waals surface area contributed by atoms with Crippen molar-refractivity contribution in [2.45, 2.75) is 50.6 Å². The first-order chi connectivity index (χ1) is 12.2. The van der Waals surface area contributed by atoms with Crippen molar-refractivity contribution < 1.29 is 18.0 Å². The Balaban J connectivity index is 1.55. The third-order valence-corrected chi connectivity index (χ3v) is 6.24. The number of anilines is 1. The summed E-state index contributed by atoms with van der Waals surface area (Å²) in [5.74, 6) is -2.93. The third-order valence-electron chi connectivity index (χ3n) is 6.24. The maximum absolute atomic E-state index is 14.9. The zero-order chi connectivity index (χ0) is 18.6. The summed E-state index contributed by atoms with van der Waals surface area (Å²) in [5, 5.41) is 8.09. The van der Waals surface area contributed by atoms with E-state index in [1.807, 2.05) is 6.92 Å². The summed E-state index contributed by atoms with van der Waals surface area (Å²) >= 11 is 0. The van der Waals surface area contributed by atoms with Crippen LogP contribution in [0.1, 0.15) is 37.8 Å². The number of likely N-dealkylation sites (tertiary alicyclic amines) is 1. The molecule has 1 spiro atoms. The minimum Gasteiger partial charge on any atom is -0.354 e. The number of nitrogens with zero attached hydrogens (tertiary/aromatic N) is 4. The van der Waals surface area contributed by atoms with Crippen molar-refractivity contribution in [1.29, 1.82) is 0 Å². The predicted molar refractivity (Wildman–Crippen MR) is 89.9 cm³/mol. The molecule has 8 heteroatoms. The number of halogens is 3. The molecular formula is C18H23F3N4O. The summed E-state index contributed by atoms with van der Waals surface area (Å²) in [6.07, 6.45) is 0.922. The van der Waals surface area contributed by atoms with E-state index in [1.165, 1.54) is 4.90 Å². The second-order valence-corrected chi connectivity index (χ2v) is 7.98. The van der Waals surface area contributed by atoms with E-state index in [-0.39, 0.29) is 38.9 Å². The minimum absolute atomic E-state index is 0.0798. The normalized spacial score (nSPS) is 29.7. The van der Waals surface area contributed by atoms with Crippen molar-refractivity contribution in [3.8, 4) is 0 Å². The van der Waals surface area contributed by atoms with Crippen molar-refractivity contribution in [3.05, 3.63) is 17.8 Å². The largest absolute Gasteiger partial charge is 0.354 e. The van der Waals surface area contributed by atoms with E-state index < -0.39 is 29.3 Å². The van der Waals surface area contributed by atoms with Crippen LogP contribution in [0.25, 0.3) is 0 Å². The Morgan fingerprint density at radius 2 is 1.81 bits per heavy atom. The monoisotopic (exact) mass is 368 g/mol. The van der Waals surface area contributed by atoms with Gasteiger partial charge in [0.1, 0.15) is 0 Å². The summed E-state index contributed by atoms with van der Waals surface area (Å²) in [6, 6.07) is 3.57. The Morgan fingerprint density at radius 1 is 1.04 bits per heavy atom. The lowest BCUT2D eigenvalue weighted by atomic mass is 9.74. The number of piperidine rings is 1. The molecule has 142 valence electrons. The molecule has 5 nitrogen and oxygen atoms in total. The third kappa shape index (κ3) is 2.65. The van der Waals surface area contributed by atoms with Gasteiger partial charge in [0.25, 0.3) is 11.8 Å². The molecule has 1 saturated carbocycles. The number of hydrogen-bond acceptors (Lipinski definition) is 4. The first-order valence-corrected chi connectivity index (χ1v) is 9.16. The van der Waals surface area contributed by atoms with Gasteiger partial charge in [-0.2, -0.15) is 5.10 Å². The van der Waals surface area contributed by atoms with E-state index >= 15 is 0 Å². The maximum atomic E-state index is 14.9. The number of carbonyl (C=O) groups excluding carboxylic acids is 1. The van der Waals surface area contributed by atoms with Crippen LogP contribution in [0.5, 0.6) is 0 Å². The quantitative estimate of drug-likeness (QED) is 0.806. The minimum atomic E-state index is -2.89. The van der Waals surface area contributed by atoms with Crippen LogP contribution < -0.4 is 4.90 Å². The van der Waals surface area contributed by atoms with Crippen molar-refractivity contribution in [2.24, 2.45) is 5.41 Å². The highest BCUT2D eigenvalue weighted by atomic mass is 19.3. The van der Waals surface area contributed by atoms with Crippen LogP contribution in [0, 0.1) is 12.3 Å². The molecule has 3 aliphatic rings. The van der Waals surface area contributed by atoms with Crippen LogP contribution >= 0.6 is 0 Å². The van der Waals surface area contributed by atoms with Crippen LogP contribution in [-0.4, -0.2) is 58.8 Å². The smallest absolute Gasteiger partial charge is 0.260 e. The van der Waals surface area contributed by atoms with Crippen LogP contribution in [0.15, 0.2) is 12.1 Å². The van der Waals surface area contributed by atoms with Crippen molar-refractivity contribution in [1.82, 2.24) is 15.1 Å². The number of hydrogen-bond donors (Lipinski definition) is 0. The van der Waals surface area contributed by atoms with Crippen LogP contribution in [0.2, 0.25) is 0 Å². The van der Waals surface area contributed by atoms with Gasteiger partial charge in [0.15, 0.2) is 11.5 Å². The molecule has 26 heavy (non-hydrogen) atoms. The molecule has 2 aliphatic heterocycles. The summed E-state index contributed by atoms with van der Waals surface area (Å²) in [4.78, 5) is 15.6. The topological polar surface area (TPSA) is 49.3 Å². The lowest BCUT2D eigenvalue weighted by Gasteiger charge is -2.48. The van der Waals surface area contributed by atoms with E-state index in [2.05, 4.69) is 10.2 Å². The van der Waals surface area contributed by atoms with Gasteiger partial charge in [-0.05, 0) is 44.7 Å². The van der Waals surface area contributed by atoms with Crippen molar-refractivity contribution >= 4 is 11.7 Å². The van der Waals surface area contributed by atoms with Gasteiger partial charge in [0.2, 0.25) is 0 Å². The van der Waals surface area contributed by atoms with Gasteiger partial charge < -0.3 is 9.80 Å². The number of aryl methyl sites for hydroxylation is 1. The van der Waals surface area contributed by atoms with Crippen molar-refractivity contribution in [2.75, 3.05) is 31.1 Å². The lowest BCUT2D eigenvalue weighted by molar-refractivity contribution is -0.179. The highest BCUT2D eigenvalue weighted by molar-refractivity contribution is 5.86. The van der Waals surface area contributed by atoms with E-state index in [4.69, 9.17) is 0 Å². The van der Waals surface area contributed by atoms with Gasteiger partial charge in [-0.1, -0.05) is 0 Å². The van der Waals surface area contributed by atoms with Gasteiger partial charge in [0.05, 0.1) is 11.1 Å². The van der Waals surface area contributed by atoms with Crippen LogP contribution in [-0.2, 0) is 4.79 Å². The first kappa shape index (κ1) is 17.5. The van der Waals surface area contributed by atoms with Gasteiger partial charge in [-0.3, -0.25) is 4.79 Å². The molecule has 1 amide bonds. The molecule has 2 saturated heterocycles. The number of rotatable bonds is 2. The fourth-order valence-electron chi connectivity index (χ4n) is 4.31. The molecule has 0 radical (unpaired) electrons. The van der Waals surface area contributed by atoms with Gasteiger partial charge in [-0.15, -0.1) is 5.10 Å². The lowest BCUT2D eigenvalue weighted by Crippen LogP contribution is -2.61. The molecule has 3 heterocycles. The summed E-state index contributed by atoms with van der Waals surface area (Å²) in [5.41, 5.74) is -2.43. The van der Waals surface area contributed by atoms with Gasteiger partial charge in [-0.25, -0.2) is 13.2 Å². The average molecular weight is 368 g/mol. The van der Waals surface area contributed by atoms with E-state index in [0.717, 1.165) is 5.69 Å². The molecule has 1 aliphatic carbocycles. The second-order valence-electron chi connectivity index (χ2n) is 7.98. The molecule has 1 aromatic heterocycles. The number of alkyl halides is 3. The fraction of sp³-hybridized carbons (Fsp3) is 0.722. The predicted octanol–water partition coefficient (Wildman–Crippen LogP) is 2.74. The summed E-state index contributed by atoms with van der Waals surface area (Å²) in [6.45, 7) is 2.16. The second kappa shape index (κ2) is 5.82. The molecule has 0 N–H and O–H groups in total. The van der Waals surface area contributed by atoms with Crippen molar-refractivity contribution in [3.63, 3.8) is 0 Å². The molecule has 4 rings (SSSR count). The Hall–Kier alpha value is -1.86. The molecule has 1 aromatic rings. The number of carbonyl (C=O) groups is 1. The molecule has 1 atom stereocenters. The molecular weight excluding hydrogens is 345 g/mol. The Bertz CT molecular complexity index is 707. The van der Waals surface area contributed by atoms with Crippen LogP contribution in [0.4, 0.5) is 19.0 Å². The van der Waals surface area contributed by atoms with Gasteiger partial charge >= 0.3 is 0 Å². The zero-order valence-electron chi connectivity index (χ0n) is 14.8. The maximum Gasteiger partial charge on any atom is 0.260 e. The molecule has 0 unspecified atom stereocenters. The standard InChI is InChI=1S/C18H23F3N4O/c1-13-3-4-14(23-22-13)24-9-7-16(11-24)12-25(10-8-18(16,20)21)15(26)17(19)5-2-6-17/h3-4H,2,5-12H2,1H3/t16-/m1/s1. The molecule has 0 bridgehead atoms. The Labute approximate surface area is 150 Å². The van der Waals surface area contributed by atoms with Crippen LogP contribution in [0.3, 0.4) is 0 Å². The number of amides is 1. The summed E-state index contributed by atoms with van der Waals surface area (Å²) in [7, 11) is 0. The highest BCUT2D eigenvalue weighted by Gasteiger charge is 2.61. The Morgan fingerprint density at radius 3 is 2.42 bits per heavy atom. The van der Waals surface area contributed by atoms with Gasteiger partial charge in [0, 0.05) is 32.6 Å².